The lowest BCUT2D eigenvalue weighted by molar-refractivity contribution is -0.894. The molecule has 1 saturated heterocycles. The number of ketones is 1. The number of nitrogens with zero attached hydrogens (tertiary/aromatic N) is 3. The van der Waals surface area contributed by atoms with E-state index in [9.17, 15) is 19.2 Å². The third kappa shape index (κ3) is 19.6. The van der Waals surface area contributed by atoms with Gasteiger partial charge in [0.2, 0.25) is 0 Å². The number of benzene rings is 1. The van der Waals surface area contributed by atoms with Crippen LogP contribution in [0.1, 0.15) is 151 Å². The minimum absolute atomic E-state index is 0.0624. The van der Waals surface area contributed by atoms with Gasteiger partial charge in [0.15, 0.2) is 0 Å². The largest absolute Gasteiger partial charge is 0.457 e. The molecule has 0 saturated carbocycles. The number of Topliss-reactive ketones (excluding diaryl/α,β-unsaturated/α-hetero) is 1. The van der Waals surface area contributed by atoms with Crippen molar-refractivity contribution in [3.8, 4) is 5.75 Å². The van der Waals surface area contributed by atoms with Crippen LogP contribution in [0.15, 0.2) is 47.8 Å². The molecule has 0 aliphatic carbocycles. The Labute approximate surface area is 386 Å². The molecule has 0 radical (unpaired) electrons. The second-order valence-corrected chi connectivity index (χ2v) is 17.8. The Balaban J connectivity index is 0.00000179. The number of nitrogens with one attached hydrogen (secondary N) is 1. The summed E-state index contributed by atoms with van der Waals surface area (Å²) in [5.41, 5.74) is 2.89. The van der Waals surface area contributed by atoms with Crippen LogP contribution in [0.3, 0.4) is 0 Å². The highest BCUT2D eigenvalue weighted by Gasteiger charge is 2.41. The zero-order chi connectivity index (χ0) is 46.6. The van der Waals surface area contributed by atoms with Gasteiger partial charge in [-0.2, -0.15) is 0 Å². The number of fused-ring (bicyclic) bond motifs is 1. The van der Waals surface area contributed by atoms with Gasteiger partial charge in [-0.05, 0) is 114 Å². The van der Waals surface area contributed by atoms with E-state index in [0.717, 1.165) is 80.8 Å². The summed E-state index contributed by atoms with van der Waals surface area (Å²) in [5, 5.41) is 0. The molecule has 12 heteroatoms. The number of allylic oxidation sites excluding steroid dienone is 4. The predicted molar refractivity (Wildman–Crippen MR) is 259 cm³/mol. The summed E-state index contributed by atoms with van der Waals surface area (Å²) < 4.78 is 17.6. The molecule has 0 aromatic heterocycles. The summed E-state index contributed by atoms with van der Waals surface area (Å²) in [4.78, 5) is 59.8. The smallest absolute Gasteiger partial charge is 0.333 e. The van der Waals surface area contributed by atoms with Crippen LogP contribution < -0.4 is 14.5 Å². The molecule has 1 fully saturated rings. The molecule has 2 heterocycles. The average molecular weight is 901 g/mol. The van der Waals surface area contributed by atoms with Crippen LogP contribution in [0.5, 0.6) is 5.75 Å². The van der Waals surface area contributed by atoms with Crippen molar-refractivity contribution >= 4 is 46.5 Å². The van der Waals surface area contributed by atoms with Crippen molar-refractivity contribution in [2.45, 2.75) is 146 Å². The van der Waals surface area contributed by atoms with Gasteiger partial charge in [0.25, 0.3) is 11.8 Å². The number of halogens is 1. The predicted octanol–water partition coefficient (Wildman–Crippen LogP) is 9.82. The lowest BCUT2D eigenvalue weighted by atomic mass is 9.80. The first-order chi connectivity index (χ1) is 30.3. The second kappa shape index (κ2) is 31.4. The van der Waals surface area contributed by atoms with E-state index in [0.29, 0.717) is 76.4 Å². The van der Waals surface area contributed by atoms with Crippen LogP contribution in [0.2, 0.25) is 0 Å². The van der Waals surface area contributed by atoms with E-state index in [1.54, 1.807) is 11.0 Å². The molecule has 0 bridgehead atoms. The first kappa shape index (κ1) is 55.6. The Kier molecular flexibility index (Phi) is 27.7. The van der Waals surface area contributed by atoms with Crippen molar-refractivity contribution in [1.29, 1.82) is 0 Å². The van der Waals surface area contributed by atoms with Crippen molar-refractivity contribution in [3.05, 3.63) is 53.3 Å². The summed E-state index contributed by atoms with van der Waals surface area (Å²) >= 11 is 5.69. The van der Waals surface area contributed by atoms with Gasteiger partial charge in [0.1, 0.15) is 22.9 Å². The molecular weight excluding hydrogens is 816 g/mol. The molecule has 3 rings (SSSR count). The molecule has 0 atom stereocenters. The number of anilines is 1. The minimum atomic E-state index is -0.604. The number of hydrogen-bond donors (Lipinski definition) is 1. The molecule has 63 heavy (non-hydrogen) atoms. The van der Waals surface area contributed by atoms with Crippen molar-refractivity contribution < 1.29 is 38.3 Å². The quantitative estimate of drug-likeness (QED) is 0.0352. The van der Waals surface area contributed by atoms with E-state index < -0.39 is 17.8 Å². The summed E-state index contributed by atoms with van der Waals surface area (Å²) in [6.45, 7) is 27.7. The Morgan fingerprint density at radius 1 is 0.730 bits per heavy atom. The number of urea groups is 1. The highest BCUT2D eigenvalue weighted by Crippen LogP contribution is 2.44. The fraction of sp³-hybridized carbons (Fsp3) is 0.686. The molecule has 0 unspecified atom stereocenters. The van der Waals surface area contributed by atoms with Gasteiger partial charge in [-0.3, -0.25) is 24.2 Å². The topological polar surface area (TPSA) is 110 Å². The monoisotopic (exact) mass is 900 g/mol. The Bertz CT molecular complexity index is 1620. The Morgan fingerprint density at radius 2 is 1.30 bits per heavy atom. The van der Waals surface area contributed by atoms with Gasteiger partial charge in [-0.1, -0.05) is 59.8 Å². The molecule has 1 aromatic rings. The van der Waals surface area contributed by atoms with Gasteiger partial charge < -0.3 is 24.0 Å². The molecule has 2 aliphatic heterocycles. The molecule has 356 valence electrons. The number of carbonyl (C=O) groups excluding carboxylic acids is 4. The number of rotatable bonds is 30. The fourth-order valence-corrected chi connectivity index (χ4v) is 7.78. The summed E-state index contributed by atoms with van der Waals surface area (Å²) in [6.07, 6.45) is 15.4. The first-order valence-corrected chi connectivity index (χ1v) is 24.8. The second-order valence-electron chi connectivity index (χ2n) is 17.4. The van der Waals surface area contributed by atoms with E-state index in [1.807, 2.05) is 12.1 Å². The van der Waals surface area contributed by atoms with E-state index in [4.69, 9.17) is 25.8 Å². The first-order valence-electron chi connectivity index (χ1n) is 24.3. The summed E-state index contributed by atoms with van der Waals surface area (Å²) in [5.74, 6) is 0.938. The van der Waals surface area contributed by atoms with Crippen LogP contribution >= 0.6 is 11.6 Å². The third-order valence-electron chi connectivity index (χ3n) is 11.6. The Hall–Kier alpha value is -3.51. The highest BCUT2D eigenvalue weighted by atomic mass is 35.5. The number of carbonyl (C=O) groups is 4. The van der Waals surface area contributed by atoms with E-state index >= 15 is 0 Å². The number of amides is 4. The summed E-state index contributed by atoms with van der Waals surface area (Å²) in [6, 6.07) is 5.68. The molecule has 1 N–H and O–H groups in total. The van der Waals surface area contributed by atoms with Crippen LogP contribution in [0, 0.1) is 5.41 Å². The number of imide groups is 2. The normalized spacial score (nSPS) is 15.5. The third-order valence-corrected chi connectivity index (χ3v) is 11.9. The van der Waals surface area contributed by atoms with E-state index in [1.165, 1.54) is 35.5 Å². The maximum absolute atomic E-state index is 13.8. The van der Waals surface area contributed by atoms with Crippen molar-refractivity contribution in [2.75, 3.05) is 83.0 Å². The number of hydrogen-bond acceptors (Lipinski definition) is 8. The van der Waals surface area contributed by atoms with Crippen LogP contribution in [-0.4, -0.2) is 112 Å². The van der Waals surface area contributed by atoms with Crippen LogP contribution in [-0.2, 0) is 23.9 Å². The van der Waals surface area contributed by atoms with Crippen molar-refractivity contribution in [3.63, 3.8) is 0 Å². The van der Waals surface area contributed by atoms with Gasteiger partial charge in [0.05, 0.1) is 32.8 Å². The lowest BCUT2D eigenvalue weighted by Gasteiger charge is -2.34. The number of barbiturate groups is 1. The van der Waals surface area contributed by atoms with Crippen LogP contribution in [0.4, 0.5) is 10.5 Å². The number of quaternary nitrogens is 1. The van der Waals surface area contributed by atoms with E-state index in [2.05, 4.69) is 79.3 Å². The maximum Gasteiger partial charge on any atom is 0.333 e. The zero-order valence-electron chi connectivity index (χ0n) is 40.7. The van der Waals surface area contributed by atoms with Gasteiger partial charge >= 0.3 is 6.03 Å². The highest BCUT2D eigenvalue weighted by molar-refractivity contribution is 6.28. The molecule has 1 aromatic carbocycles. The molecule has 2 aliphatic rings. The standard InChI is InChI=1S/C45H68ClN3O7.C6H15N/c1-7-10-16-27-48-42(51)39(25-23-37-34-40(45(4,5)6)38-24-22-35(33-41(38)56-37)47(8-2)9-3)43(52)49(44(48)53)28-17-13-14-20-36(50)21-19-30-55-32-31-54-29-18-12-11-15-26-46;1-4-7(5-2)6-3/h22-25,33-34H,7-21,26-32H2,1-6H3;4-6H2,1-3H3/p+1/b37-23-,39-25+;. The molecular formula is C51H84ClN4O7+. The van der Waals surface area contributed by atoms with Gasteiger partial charge in [-0.15, -0.1) is 11.6 Å². The molecule has 0 spiro atoms. The van der Waals surface area contributed by atoms with Crippen LogP contribution in [0.25, 0.3) is 5.57 Å². The lowest BCUT2D eigenvalue weighted by Crippen LogP contribution is -3.11. The maximum atomic E-state index is 13.8. The van der Waals surface area contributed by atoms with E-state index in [-0.39, 0.29) is 29.9 Å². The molecule has 4 amide bonds. The number of alkyl halides is 1. The molecule has 11 nitrogen and oxygen atoms in total. The van der Waals surface area contributed by atoms with Crippen molar-refractivity contribution in [2.24, 2.45) is 5.41 Å². The van der Waals surface area contributed by atoms with Gasteiger partial charge in [0, 0.05) is 75.4 Å². The van der Waals surface area contributed by atoms with Crippen molar-refractivity contribution in [1.82, 2.24) is 9.80 Å². The fourth-order valence-electron chi connectivity index (χ4n) is 7.60. The number of ether oxygens (including phenoxy) is 3. The number of unbranched alkanes of at least 4 members (excludes halogenated alkanes) is 7. The Morgan fingerprint density at radius 3 is 1.86 bits per heavy atom. The SMILES string of the molecule is CCCCCN1C(=O)/C(=C\C=C2\C=C(C(C)(C)C)c3ccc(N(CC)CC)cc3O2)C(=O)N(CCCCCC(=O)CCCOCCOCCCCCCCl)C1=O.CC[NH+](CC)CC. The van der Waals surface area contributed by atoms with Gasteiger partial charge in [-0.25, -0.2) is 4.79 Å². The zero-order valence-corrected chi connectivity index (χ0v) is 41.5. The summed E-state index contributed by atoms with van der Waals surface area (Å²) in [7, 11) is 0. The minimum Gasteiger partial charge on any atom is -0.457 e. The average Bonchev–Trinajstić information content (AvgIpc) is 3.26.